The van der Waals surface area contributed by atoms with Crippen LogP contribution in [0.25, 0.3) is 0 Å². The highest BCUT2D eigenvalue weighted by atomic mass is 35.5. The lowest BCUT2D eigenvalue weighted by Crippen LogP contribution is -2.39. The van der Waals surface area contributed by atoms with E-state index in [-0.39, 0.29) is 18.8 Å². The van der Waals surface area contributed by atoms with Crippen LogP contribution in [0.2, 0.25) is 5.02 Å². The van der Waals surface area contributed by atoms with Crippen molar-refractivity contribution in [2.45, 2.75) is 26.1 Å². The first-order chi connectivity index (χ1) is 13.1. The SMILES string of the molecule is CC1CN(CC(=O)NCc2ccc3c(c2)OCO3)Cc2cc(Cl)ccc2O1. The van der Waals surface area contributed by atoms with E-state index in [9.17, 15) is 4.79 Å². The van der Waals surface area contributed by atoms with E-state index in [4.69, 9.17) is 25.8 Å². The van der Waals surface area contributed by atoms with E-state index in [1.807, 2.05) is 43.3 Å². The summed E-state index contributed by atoms with van der Waals surface area (Å²) < 4.78 is 16.6. The van der Waals surface area contributed by atoms with Gasteiger partial charge in [-0.15, -0.1) is 0 Å². The van der Waals surface area contributed by atoms with Gasteiger partial charge in [-0.1, -0.05) is 17.7 Å². The number of benzene rings is 2. The van der Waals surface area contributed by atoms with Gasteiger partial charge in [0.25, 0.3) is 0 Å². The third-order valence-electron chi connectivity index (χ3n) is 4.55. The molecule has 0 fully saturated rings. The van der Waals surface area contributed by atoms with Gasteiger partial charge in [-0.05, 0) is 42.8 Å². The average molecular weight is 389 g/mol. The lowest BCUT2D eigenvalue weighted by molar-refractivity contribution is -0.122. The topological polar surface area (TPSA) is 60.0 Å². The second-order valence-corrected chi connectivity index (χ2v) is 7.25. The van der Waals surface area contributed by atoms with E-state index in [0.717, 1.165) is 22.6 Å². The molecule has 142 valence electrons. The van der Waals surface area contributed by atoms with Crippen molar-refractivity contribution < 1.29 is 19.0 Å². The Bertz CT molecular complexity index is 858. The number of amides is 1. The molecule has 0 saturated carbocycles. The van der Waals surface area contributed by atoms with E-state index < -0.39 is 0 Å². The fourth-order valence-corrected chi connectivity index (χ4v) is 3.54. The first kappa shape index (κ1) is 17.9. The van der Waals surface area contributed by atoms with Crippen molar-refractivity contribution in [2.75, 3.05) is 19.9 Å². The molecule has 0 aromatic heterocycles. The Kier molecular flexibility index (Phi) is 5.09. The van der Waals surface area contributed by atoms with Gasteiger partial charge in [0.15, 0.2) is 11.5 Å². The molecule has 0 aliphatic carbocycles. The minimum absolute atomic E-state index is 0.00548. The van der Waals surface area contributed by atoms with Crippen LogP contribution in [0.15, 0.2) is 36.4 Å². The fraction of sp³-hybridized carbons (Fsp3) is 0.350. The second-order valence-electron chi connectivity index (χ2n) is 6.81. The number of hydrogen-bond acceptors (Lipinski definition) is 5. The smallest absolute Gasteiger partial charge is 0.234 e. The number of nitrogens with one attached hydrogen (secondary N) is 1. The van der Waals surface area contributed by atoms with E-state index in [2.05, 4.69) is 10.2 Å². The summed E-state index contributed by atoms with van der Waals surface area (Å²) >= 11 is 6.11. The molecule has 7 heteroatoms. The van der Waals surface area contributed by atoms with Gasteiger partial charge in [-0.3, -0.25) is 9.69 Å². The maximum absolute atomic E-state index is 12.4. The maximum atomic E-state index is 12.4. The number of hydrogen-bond donors (Lipinski definition) is 1. The van der Waals surface area contributed by atoms with E-state index in [1.165, 1.54) is 0 Å². The molecule has 1 unspecified atom stereocenters. The zero-order chi connectivity index (χ0) is 18.8. The van der Waals surface area contributed by atoms with Crippen molar-refractivity contribution in [1.29, 1.82) is 0 Å². The number of carbonyl (C=O) groups is 1. The molecule has 6 nitrogen and oxygen atoms in total. The highest BCUT2D eigenvalue weighted by Crippen LogP contribution is 2.32. The molecule has 1 amide bonds. The summed E-state index contributed by atoms with van der Waals surface area (Å²) in [6.45, 7) is 4.27. The number of ether oxygens (including phenoxy) is 3. The summed E-state index contributed by atoms with van der Waals surface area (Å²) in [6, 6.07) is 11.3. The Labute approximate surface area is 163 Å². The Morgan fingerprint density at radius 2 is 2.00 bits per heavy atom. The van der Waals surface area contributed by atoms with Gasteiger partial charge in [0.1, 0.15) is 11.9 Å². The van der Waals surface area contributed by atoms with Crippen molar-refractivity contribution >= 4 is 17.5 Å². The van der Waals surface area contributed by atoms with Crippen molar-refractivity contribution in [2.24, 2.45) is 0 Å². The van der Waals surface area contributed by atoms with Crippen LogP contribution >= 0.6 is 11.6 Å². The minimum atomic E-state index is -0.0367. The van der Waals surface area contributed by atoms with Gasteiger partial charge in [-0.25, -0.2) is 0 Å². The molecule has 4 rings (SSSR count). The number of fused-ring (bicyclic) bond motifs is 2. The van der Waals surface area contributed by atoms with Gasteiger partial charge in [0.05, 0.1) is 6.54 Å². The summed E-state index contributed by atoms with van der Waals surface area (Å²) in [7, 11) is 0. The molecule has 1 N–H and O–H groups in total. The number of rotatable bonds is 4. The second kappa shape index (κ2) is 7.66. The molecule has 2 aliphatic rings. The minimum Gasteiger partial charge on any atom is -0.489 e. The summed E-state index contributed by atoms with van der Waals surface area (Å²) in [5, 5.41) is 3.63. The van der Waals surface area contributed by atoms with E-state index in [1.54, 1.807) is 0 Å². The Hall–Kier alpha value is -2.44. The Morgan fingerprint density at radius 1 is 1.19 bits per heavy atom. The number of halogens is 1. The molecule has 0 bridgehead atoms. The lowest BCUT2D eigenvalue weighted by atomic mass is 10.2. The first-order valence-corrected chi connectivity index (χ1v) is 9.27. The van der Waals surface area contributed by atoms with Crippen LogP contribution < -0.4 is 19.5 Å². The van der Waals surface area contributed by atoms with Crippen molar-refractivity contribution in [3.8, 4) is 17.2 Å². The zero-order valence-electron chi connectivity index (χ0n) is 15.0. The molecule has 2 heterocycles. The molecule has 0 spiro atoms. The van der Waals surface area contributed by atoms with Crippen LogP contribution in [-0.4, -0.2) is 36.8 Å². The Balaban J connectivity index is 1.36. The zero-order valence-corrected chi connectivity index (χ0v) is 15.8. The van der Waals surface area contributed by atoms with Crippen molar-refractivity contribution in [3.63, 3.8) is 0 Å². The molecule has 1 atom stereocenters. The predicted octanol–water partition coefficient (Wildman–Crippen LogP) is 2.97. The monoisotopic (exact) mass is 388 g/mol. The largest absolute Gasteiger partial charge is 0.489 e. The van der Waals surface area contributed by atoms with Crippen LogP contribution in [0.5, 0.6) is 17.2 Å². The van der Waals surface area contributed by atoms with Crippen LogP contribution in [0.1, 0.15) is 18.1 Å². The molecular weight excluding hydrogens is 368 g/mol. The molecule has 2 aromatic carbocycles. The third-order valence-corrected chi connectivity index (χ3v) is 4.79. The van der Waals surface area contributed by atoms with Gasteiger partial charge >= 0.3 is 0 Å². The van der Waals surface area contributed by atoms with Gasteiger partial charge in [0.2, 0.25) is 12.7 Å². The predicted molar refractivity (Wildman–Crippen MR) is 101 cm³/mol. The molecular formula is C20H21ClN2O4. The van der Waals surface area contributed by atoms with Crippen LogP contribution in [0.4, 0.5) is 0 Å². The van der Waals surface area contributed by atoms with Crippen molar-refractivity contribution in [3.05, 3.63) is 52.5 Å². The van der Waals surface area contributed by atoms with Crippen molar-refractivity contribution in [1.82, 2.24) is 10.2 Å². The van der Waals surface area contributed by atoms with Crippen LogP contribution in [-0.2, 0) is 17.9 Å². The van der Waals surface area contributed by atoms with E-state index in [0.29, 0.717) is 37.0 Å². The maximum Gasteiger partial charge on any atom is 0.234 e. The first-order valence-electron chi connectivity index (χ1n) is 8.89. The highest BCUT2D eigenvalue weighted by Gasteiger charge is 2.22. The molecule has 27 heavy (non-hydrogen) atoms. The molecule has 0 radical (unpaired) electrons. The lowest BCUT2D eigenvalue weighted by Gasteiger charge is -2.21. The number of carbonyl (C=O) groups excluding carboxylic acids is 1. The molecule has 2 aliphatic heterocycles. The van der Waals surface area contributed by atoms with Gasteiger partial charge in [0, 0.05) is 30.2 Å². The van der Waals surface area contributed by atoms with Crippen LogP contribution in [0.3, 0.4) is 0 Å². The molecule has 2 aromatic rings. The summed E-state index contributed by atoms with van der Waals surface area (Å²) in [5.74, 6) is 2.25. The standard InChI is InChI=1S/C20H21ClN2O4/c1-13-9-23(10-15-7-16(21)3-5-17(15)27-13)11-20(24)22-8-14-2-4-18-19(6-14)26-12-25-18/h2-7,13H,8-12H2,1H3,(H,22,24). The number of nitrogens with zero attached hydrogens (tertiary/aromatic N) is 1. The Morgan fingerprint density at radius 3 is 2.89 bits per heavy atom. The summed E-state index contributed by atoms with van der Waals surface area (Å²) in [5.41, 5.74) is 1.97. The normalized spacial score (nSPS) is 18.4. The summed E-state index contributed by atoms with van der Waals surface area (Å²) in [6.07, 6.45) is -0.00548. The van der Waals surface area contributed by atoms with Crippen LogP contribution in [0, 0.1) is 0 Å². The highest BCUT2D eigenvalue weighted by molar-refractivity contribution is 6.30. The third kappa shape index (κ3) is 4.28. The van der Waals surface area contributed by atoms with Gasteiger partial charge < -0.3 is 19.5 Å². The molecule has 0 saturated heterocycles. The quantitative estimate of drug-likeness (QED) is 0.872. The van der Waals surface area contributed by atoms with Gasteiger partial charge in [-0.2, -0.15) is 0 Å². The van der Waals surface area contributed by atoms with E-state index >= 15 is 0 Å². The fourth-order valence-electron chi connectivity index (χ4n) is 3.34. The summed E-state index contributed by atoms with van der Waals surface area (Å²) in [4.78, 5) is 14.5. The average Bonchev–Trinajstić information content (AvgIpc) is 3.03.